The molecule has 2 atom stereocenters. The van der Waals surface area contributed by atoms with Crippen LogP contribution in [0, 0.1) is 0 Å². The highest BCUT2D eigenvalue weighted by atomic mass is 35.5. The Morgan fingerprint density at radius 1 is 1.45 bits per heavy atom. The summed E-state index contributed by atoms with van der Waals surface area (Å²) in [6.07, 6.45) is 6.02. The van der Waals surface area contributed by atoms with Gasteiger partial charge in [0.05, 0.1) is 6.33 Å². The number of hydrogen-bond acceptors (Lipinski definition) is 4. The molecule has 2 aromatic rings. The van der Waals surface area contributed by atoms with Gasteiger partial charge < -0.3 is 9.88 Å². The number of hydrazine groups is 1. The molecule has 0 aliphatic carbocycles. The van der Waals surface area contributed by atoms with Gasteiger partial charge in [0.25, 0.3) is 0 Å². The first kappa shape index (κ1) is 15.0. The van der Waals surface area contributed by atoms with E-state index in [0.29, 0.717) is 24.5 Å². The quantitative estimate of drug-likeness (QED) is 0.776. The Bertz CT molecular complexity index is 631. The minimum atomic E-state index is -0.244. The number of imidazole rings is 1. The van der Waals surface area contributed by atoms with E-state index in [1.807, 2.05) is 35.0 Å². The molecule has 1 fully saturated rings. The van der Waals surface area contributed by atoms with Crippen molar-refractivity contribution in [2.24, 2.45) is 0 Å². The van der Waals surface area contributed by atoms with Crippen LogP contribution >= 0.6 is 11.6 Å². The minimum absolute atomic E-state index is 0.00265. The number of nitrogens with zero attached hydrogens (tertiary/aromatic N) is 2. The van der Waals surface area contributed by atoms with Crippen LogP contribution in [-0.4, -0.2) is 28.0 Å². The maximum atomic E-state index is 12.2. The first-order valence-corrected chi connectivity index (χ1v) is 7.60. The third kappa shape index (κ3) is 3.65. The van der Waals surface area contributed by atoms with Gasteiger partial charge in [0.1, 0.15) is 6.04 Å². The molecule has 0 bridgehead atoms. The van der Waals surface area contributed by atoms with E-state index in [1.54, 1.807) is 12.5 Å². The van der Waals surface area contributed by atoms with Gasteiger partial charge in [-0.3, -0.25) is 4.79 Å². The molecule has 116 valence electrons. The first-order valence-electron chi connectivity index (χ1n) is 7.22. The van der Waals surface area contributed by atoms with E-state index in [-0.39, 0.29) is 18.0 Å². The number of hydrogen-bond donors (Lipinski definition) is 3. The first-order chi connectivity index (χ1) is 10.7. The average molecular weight is 320 g/mol. The number of carbonyl (C=O) groups excluding carboxylic acids is 1. The molecule has 1 aliphatic rings. The Morgan fingerprint density at radius 3 is 3.14 bits per heavy atom. The highest BCUT2D eigenvalue weighted by Gasteiger charge is 2.29. The smallest absolute Gasteiger partial charge is 0.238 e. The number of carbonyl (C=O) groups is 1. The predicted octanol–water partition coefficient (Wildman–Crippen LogP) is 1.26. The molecule has 1 aromatic carbocycles. The highest BCUT2D eigenvalue weighted by molar-refractivity contribution is 6.30. The maximum absolute atomic E-state index is 12.2. The molecule has 0 spiro atoms. The summed E-state index contributed by atoms with van der Waals surface area (Å²) in [6.45, 7) is 1.29. The molecule has 3 N–H and O–H groups in total. The summed E-state index contributed by atoms with van der Waals surface area (Å²) in [6, 6.07) is 7.52. The predicted molar refractivity (Wildman–Crippen MR) is 84.1 cm³/mol. The molecule has 2 unspecified atom stereocenters. The largest absolute Gasteiger partial charge is 0.353 e. The number of amides is 1. The third-order valence-electron chi connectivity index (χ3n) is 3.70. The Labute approximate surface area is 133 Å². The van der Waals surface area contributed by atoms with Crippen molar-refractivity contribution in [3.8, 4) is 0 Å². The molecule has 7 heteroatoms. The SMILES string of the molecule is O=C(NCCn1ccnc1)C1CC(c2cccc(Cl)c2)NN1. The summed E-state index contributed by atoms with van der Waals surface area (Å²) in [5.41, 5.74) is 7.27. The van der Waals surface area contributed by atoms with Gasteiger partial charge in [0, 0.05) is 36.5 Å². The molecular weight excluding hydrogens is 302 g/mol. The van der Waals surface area contributed by atoms with Crippen LogP contribution in [0.5, 0.6) is 0 Å². The Balaban J connectivity index is 1.48. The Morgan fingerprint density at radius 2 is 2.36 bits per heavy atom. The third-order valence-corrected chi connectivity index (χ3v) is 3.93. The van der Waals surface area contributed by atoms with Gasteiger partial charge in [-0.1, -0.05) is 23.7 Å². The Kier molecular flexibility index (Phi) is 4.72. The summed E-state index contributed by atoms with van der Waals surface area (Å²) in [7, 11) is 0. The van der Waals surface area contributed by atoms with Crippen LogP contribution in [0.4, 0.5) is 0 Å². The zero-order chi connectivity index (χ0) is 15.4. The number of benzene rings is 1. The fourth-order valence-corrected chi connectivity index (χ4v) is 2.72. The molecule has 3 rings (SSSR count). The van der Waals surface area contributed by atoms with Crippen LogP contribution in [0.25, 0.3) is 0 Å². The van der Waals surface area contributed by atoms with Crippen LogP contribution < -0.4 is 16.2 Å². The standard InChI is InChI=1S/C15H18ClN5O/c16-12-3-1-2-11(8-12)13-9-14(20-19-13)15(22)18-5-7-21-6-4-17-10-21/h1-4,6,8,10,13-14,19-20H,5,7,9H2,(H,18,22). The van der Waals surface area contributed by atoms with Crippen molar-refractivity contribution in [1.82, 2.24) is 25.7 Å². The van der Waals surface area contributed by atoms with Crippen LogP contribution in [0.3, 0.4) is 0 Å². The molecule has 1 aromatic heterocycles. The summed E-state index contributed by atoms with van der Waals surface area (Å²) < 4.78 is 1.93. The molecule has 0 radical (unpaired) electrons. The number of nitrogens with one attached hydrogen (secondary N) is 3. The molecule has 6 nitrogen and oxygen atoms in total. The number of aromatic nitrogens is 2. The highest BCUT2D eigenvalue weighted by Crippen LogP contribution is 2.24. The zero-order valence-electron chi connectivity index (χ0n) is 12.0. The average Bonchev–Trinajstić information content (AvgIpc) is 3.19. The van der Waals surface area contributed by atoms with E-state index < -0.39 is 0 Å². The lowest BCUT2D eigenvalue weighted by Crippen LogP contribution is -2.43. The van der Waals surface area contributed by atoms with Crippen LogP contribution in [0.15, 0.2) is 43.0 Å². The van der Waals surface area contributed by atoms with Gasteiger partial charge in [0.15, 0.2) is 0 Å². The zero-order valence-corrected chi connectivity index (χ0v) is 12.8. The maximum Gasteiger partial charge on any atom is 0.238 e. The lowest BCUT2D eigenvalue weighted by Gasteiger charge is -2.11. The van der Waals surface area contributed by atoms with Gasteiger partial charge in [-0.2, -0.15) is 0 Å². The molecule has 1 aliphatic heterocycles. The van der Waals surface area contributed by atoms with E-state index in [4.69, 9.17) is 11.6 Å². The van der Waals surface area contributed by atoms with E-state index in [2.05, 4.69) is 21.2 Å². The lowest BCUT2D eigenvalue weighted by molar-refractivity contribution is -0.122. The van der Waals surface area contributed by atoms with Crippen molar-refractivity contribution in [2.75, 3.05) is 6.54 Å². The van der Waals surface area contributed by atoms with Crippen LogP contribution in [0.1, 0.15) is 18.0 Å². The van der Waals surface area contributed by atoms with Crippen molar-refractivity contribution in [1.29, 1.82) is 0 Å². The van der Waals surface area contributed by atoms with E-state index in [9.17, 15) is 4.79 Å². The van der Waals surface area contributed by atoms with Crippen molar-refractivity contribution in [3.05, 3.63) is 53.6 Å². The topological polar surface area (TPSA) is 71.0 Å². The van der Waals surface area contributed by atoms with Crippen LogP contribution in [-0.2, 0) is 11.3 Å². The van der Waals surface area contributed by atoms with Crippen molar-refractivity contribution >= 4 is 17.5 Å². The summed E-state index contributed by atoms with van der Waals surface area (Å²) >= 11 is 6.00. The molecule has 1 saturated heterocycles. The summed E-state index contributed by atoms with van der Waals surface area (Å²) in [5, 5.41) is 3.63. The minimum Gasteiger partial charge on any atom is -0.353 e. The lowest BCUT2D eigenvalue weighted by atomic mass is 10.0. The second kappa shape index (κ2) is 6.91. The van der Waals surface area contributed by atoms with Crippen molar-refractivity contribution in [3.63, 3.8) is 0 Å². The fraction of sp³-hybridized carbons (Fsp3) is 0.333. The normalized spacial score (nSPS) is 21.0. The monoisotopic (exact) mass is 319 g/mol. The van der Waals surface area contributed by atoms with Gasteiger partial charge in [-0.25, -0.2) is 15.8 Å². The summed E-state index contributed by atoms with van der Waals surface area (Å²) in [5.74, 6) is -0.00265. The molecular formula is C15H18ClN5O. The number of halogens is 1. The molecule has 0 saturated carbocycles. The van der Waals surface area contributed by atoms with Gasteiger partial charge >= 0.3 is 0 Å². The van der Waals surface area contributed by atoms with E-state index in [0.717, 1.165) is 5.56 Å². The fourth-order valence-electron chi connectivity index (χ4n) is 2.52. The van der Waals surface area contributed by atoms with Crippen LogP contribution in [0.2, 0.25) is 5.02 Å². The van der Waals surface area contributed by atoms with Gasteiger partial charge in [-0.05, 0) is 24.1 Å². The van der Waals surface area contributed by atoms with Crippen molar-refractivity contribution in [2.45, 2.75) is 25.0 Å². The molecule has 22 heavy (non-hydrogen) atoms. The van der Waals surface area contributed by atoms with Gasteiger partial charge in [-0.15, -0.1) is 0 Å². The van der Waals surface area contributed by atoms with Crippen molar-refractivity contribution < 1.29 is 4.79 Å². The number of rotatable bonds is 5. The molecule has 2 heterocycles. The Hall–Kier alpha value is -1.89. The van der Waals surface area contributed by atoms with E-state index in [1.165, 1.54) is 0 Å². The van der Waals surface area contributed by atoms with Gasteiger partial charge in [0.2, 0.25) is 5.91 Å². The summed E-state index contributed by atoms with van der Waals surface area (Å²) in [4.78, 5) is 16.1. The second-order valence-electron chi connectivity index (χ2n) is 5.28. The molecule has 1 amide bonds. The van der Waals surface area contributed by atoms with E-state index >= 15 is 0 Å². The second-order valence-corrected chi connectivity index (χ2v) is 5.71.